The van der Waals surface area contributed by atoms with Gasteiger partial charge in [-0.2, -0.15) is 0 Å². The molecule has 7 heteroatoms. The minimum atomic E-state index is -0.303. The van der Waals surface area contributed by atoms with Crippen molar-refractivity contribution < 1.29 is 9.53 Å². The average Bonchev–Trinajstić information content (AvgIpc) is 2.81. The van der Waals surface area contributed by atoms with Gasteiger partial charge in [0.25, 0.3) is 5.56 Å². The fourth-order valence-electron chi connectivity index (χ4n) is 3.45. The first-order valence-electron chi connectivity index (χ1n) is 10.4. The molecule has 0 aliphatic carbocycles. The second-order valence-corrected chi connectivity index (χ2v) is 7.32. The predicted octanol–water partition coefficient (Wildman–Crippen LogP) is 4.56. The Morgan fingerprint density at radius 2 is 1.91 bits per heavy atom. The quantitative estimate of drug-likeness (QED) is 0.452. The number of amides is 2. The summed E-state index contributed by atoms with van der Waals surface area (Å²) in [5.74, 6) is 0.729. The van der Waals surface area contributed by atoms with Crippen LogP contribution in [0.15, 0.2) is 83.9 Å². The molecule has 162 valence electrons. The summed E-state index contributed by atoms with van der Waals surface area (Å²) in [6.45, 7) is 2.92. The molecule has 2 aromatic heterocycles. The van der Waals surface area contributed by atoms with Crippen molar-refractivity contribution in [2.75, 3.05) is 11.9 Å². The van der Waals surface area contributed by atoms with Crippen LogP contribution < -0.4 is 15.6 Å². The van der Waals surface area contributed by atoms with Crippen LogP contribution in [0.5, 0.6) is 5.75 Å². The highest BCUT2D eigenvalue weighted by atomic mass is 16.5. The fraction of sp³-hybridized carbons (Fsp3) is 0.160. The Labute approximate surface area is 185 Å². The molecule has 32 heavy (non-hydrogen) atoms. The van der Waals surface area contributed by atoms with E-state index in [2.05, 4.69) is 15.3 Å². The van der Waals surface area contributed by atoms with Crippen molar-refractivity contribution in [3.8, 4) is 5.75 Å². The van der Waals surface area contributed by atoms with Gasteiger partial charge in [0.2, 0.25) is 0 Å². The van der Waals surface area contributed by atoms with Crippen molar-refractivity contribution in [1.29, 1.82) is 0 Å². The molecular weight excluding hydrogens is 404 g/mol. The monoisotopic (exact) mass is 428 g/mol. The number of pyridine rings is 2. The van der Waals surface area contributed by atoms with Gasteiger partial charge in [0.1, 0.15) is 5.75 Å². The zero-order valence-electron chi connectivity index (χ0n) is 17.7. The number of para-hydroxylation sites is 1. The van der Waals surface area contributed by atoms with Gasteiger partial charge in [-0.1, -0.05) is 24.3 Å². The Balaban J connectivity index is 1.64. The van der Waals surface area contributed by atoms with Crippen LogP contribution in [0, 0.1) is 0 Å². The normalized spacial score (nSPS) is 10.7. The lowest BCUT2D eigenvalue weighted by Crippen LogP contribution is -2.35. The lowest BCUT2D eigenvalue weighted by atomic mass is 10.1. The highest BCUT2D eigenvalue weighted by Gasteiger charge is 2.17. The summed E-state index contributed by atoms with van der Waals surface area (Å²) in [6, 6.07) is 20.0. The van der Waals surface area contributed by atoms with Gasteiger partial charge in [-0.15, -0.1) is 0 Å². The van der Waals surface area contributed by atoms with E-state index in [1.165, 1.54) is 0 Å². The number of hydrogen-bond donors (Lipinski definition) is 2. The molecule has 2 heterocycles. The summed E-state index contributed by atoms with van der Waals surface area (Å²) < 4.78 is 5.58. The highest BCUT2D eigenvalue weighted by Crippen LogP contribution is 2.20. The predicted molar refractivity (Wildman–Crippen MR) is 125 cm³/mol. The highest BCUT2D eigenvalue weighted by molar-refractivity contribution is 5.89. The fourth-order valence-corrected chi connectivity index (χ4v) is 3.45. The van der Waals surface area contributed by atoms with Crippen LogP contribution in [0.4, 0.5) is 10.5 Å². The Hall–Kier alpha value is -4.13. The summed E-state index contributed by atoms with van der Waals surface area (Å²) >= 11 is 0. The maximum absolute atomic E-state index is 13.1. The van der Waals surface area contributed by atoms with Gasteiger partial charge in [-0.25, -0.2) is 4.79 Å². The summed E-state index contributed by atoms with van der Waals surface area (Å²) in [5.41, 5.74) is 2.52. The first-order valence-corrected chi connectivity index (χ1v) is 10.4. The summed E-state index contributed by atoms with van der Waals surface area (Å²) in [7, 11) is 0. The van der Waals surface area contributed by atoms with E-state index in [1.54, 1.807) is 17.3 Å². The Bertz CT molecular complexity index is 1260. The molecule has 0 spiro atoms. The molecule has 2 aromatic carbocycles. The first-order chi connectivity index (χ1) is 15.6. The minimum Gasteiger partial charge on any atom is -0.494 e. The van der Waals surface area contributed by atoms with Gasteiger partial charge in [0.05, 0.1) is 13.2 Å². The molecule has 0 aliphatic heterocycles. The zero-order chi connectivity index (χ0) is 22.3. The maximum Gasteiger partial charge on any atom is 0.322 e. The third-order valence-electron chi connectivity index (χ3n) is 4.97. The molecule has 7 nitrogen and oxygen atoms in total. The van der Waals surface area contributed by atoms with Crippen LogP contribution in [-0.4, -0.2) is 27.5 Å². The summed E-state index contributed by atoms with van der Waals surface area (Å²) in [4.78, 5) is 34.5. The maximum atomic E-state index is 13.1. The van der Waals surface area contributed by atoms with E-state index in [4.69, 9.17) is 4.74 Å². The molecule has 4 aromatic rings. The SMILES string of the molecule is CCOc1ccc2[nH]c(=O)c(CN(Cc3cccnc3)C(=O)Nc3ccccc3)cc2c1. The van der Waals surface area contributed by atoms with Gasteiger partial charge >= 0.3 is 6.03 Å². The standard InChI is InChI=1S/C25H24N4O3/c1-2-32-22-10-11-23-19(14-22)13-20(24(30)28-23)17-29(16-18-7-6-12-26-15-18)25(31)27-21-8-4-3-5-9-21/h3-15H,2,16-17H2,1H3,(H,27,31)(H,28,30). The lowest BCUT2D eigenvalue weighted by Gasteiger charge is -2.23. The molecule has 2 N–H and O–H groups in total. The molecule has 0 unspecified atom stereocenters. The lowest BCUT2D eigenvalue weighted by molar-refractivity contribution is 0.206. The molecule has 0 aliphatic rings. The van der Waals surface area contributed by atoms with Crippen molar-refractivity contribution in [3.63, 3.8) is 0 Å². The number of hydrogen-bond acceptors (Lipinski definition) is 4. The topological polar surface area (TPSA) is 87.3 Å². The van der Waals surface area contributed by atoms with Crippen molar-refractivity contribution in [3.05, 3.63) is 101 Å². The van der Waals surface area contributed by atoms with Crippen LogP contribution >= 0.6 is 0 Å². The molecule has 0 bridgehead atoms. The number of nitrogens with zero attached hydrogens (tertiary/aromatic N) is 2. The van der Waals surface area contributed by atoms with Gasteiger partial charge in [-0.3, -0.25) is 9.78 Å². The van der Waals surface area contributed by atoms with Crippen molar-refractivity contribution in [2.24, 2.45) is 0 Å². The number of ether oxygens (including phenoxy) is 1. The third kappa shape index (κ3) is 5.13. The Morgan fingerprint density at radius 3 is 2.66 bits per heavy atom. The number of rotatable bonds is 7. The molecule has 0 atom stereocenters. The van der Waals surface area contributed by atoms with E-state index in [-0.39, 0.29) is 18.1 Å². The smallest absolute Gasteiger partial charge is 0.322 e. The van der Waals surface area contributed by atoms with Gasteiger partial charge in [0, 0.05) is 41.1 Å². The number of fused-ring (bicyclic) bond motifs is 1. The Kier molecular flexibility index (Phi) is 6.46. The first kappa shape index (κ1) is 21.1. The summed E-state index contributed by atoms with van der Waals surface area (Å²) in [5, 5.41) is 3.74. The third-order valence-corrected chi connectivity index (χ3v) is 4.97. The summed E-state index contributed by atoms with van der Waals surface area (Å²) in [6.07, 6.45) is 3.39. The van der Waals surface area contributed by atoms with Crippen molar-refractivity contribution in [1.82, 2.24) is 14.9 Å². The number of anilines is 1. The second kappa shape index (κ2) is 9.78. The van der Waals surface area contributed by atoms with Crippen LogP contribution in [0.1, 0.15) is 18.1 Å². The largest absolute Gasteiger partial charge is 0.494 e. The number of H-pyrrole nitrogens is 1. The number of carbonyl (C=O) groups is 1. The van der Waals surface area contributed by atoms with E-state index < -0.39 is 0 Å². The number of nitrogens with one attached hydrogen (secondary N) is 2. The number of carbonyl (C=O) groups excluding carboxylic acids is 1. The molecule has 0 saturated carbocycles. The minimum absolute atomic E-state index is 0.137. The molecule has 0 saturated heterocycles. The molecule has 2 amide bonds. The van der Waals surface area contributed by atoms with E-state index in [0.29, 0.717) is 24.4 Å². The van der Waals surface area contributed by atoms with E-state index in [0.717, 1.165) is 22.2 Å². The van der Waals surface area contributed by atoms with Crippen LogP contribution in [0.2, 0.25) is 0 Å². The second-order valence-electron chi connectivity index (χ2n) is 7.32. The number of benzene rings is 2. The molecule has 0 fully saturated rings. The molecule has 0 radical (unpaired) electrons. The molecule has 4 rings (SSSR count). The number of aromatic amines is 1. The Morgan fingerprint density at radius 1 is 1.06 bits per heavy atom. The molecular formula is C25H24N4O3. The van der Waals surface area contributed by atoms with Crippen LogP contribution in [-0.2, 0) is 13.1 Å². The van der Waals surface area contributed by atoms with Crippen LogP contribution in [0.25, 0.3) is 10.9 Å². The van der Waals surface area contributed by atoms with E-state index in [1.807, 2.05) is 73.7 Å². The van der Waals surface area contributed by atoms with Gasteiger partial charge in [0.15, 0.2) is 0 Å². The number of aromatic nitrogens is 2. The van der Waals surface area contributed by atoms with Gasteiger partial charge in [-0.05, 0) is 55.0 Å². The zero-order valence-corrected chi connectivity index (χ0v) is 17.7. The van der Waals surface area contributed by atoms with Crippen molar-refractivity contribution in [2.45, 2.75) is 20.0 Å². The van der Waals surface area contributed by atoms with Crippen molar-refractivity contribution >= 4 is 22.6 Å². The van der Waals surface area contributed by atoms with E-state index in [9.17, 15) is 9.59 Å². The average molecular weight is 428 g/mol. The number of urea groups is 1. The van der Waals surface area contributed by atoms with Crippen LogP contribution in [0.3, 0.4) is 0 Å². The van der Waals surface area contributed by atoms with E-state index >= 15 is 0 Å². The van der Waals surface area contributed by atoms with Gasteiger partial charge < -0.3 is 19.9 Å².